The molecule has 0 radical (unpaired) electrons. The highest BCUT2D eigenvalue weighted by Crippen LogP contribution is 2.26. The van der Waals surface area contributed by atoms with Crippen molar-refractivity contribution >= 4 is 16.7 Å². The van der Waals surface area contributed by atoms with E-state index < -0.39 is 27.4 Å². The van der Waals surface area contributed by atoms with Gasteiger partial charge >= 0.3 is 0 Å². The Morgan fingerprint density at radius 1 is 1.26 bits per heavy atom. The van der Waals surface area contributed by atoms with Crippen molar-refractivity contribution in [1.82, 2.24) is 0 Å². The van der Waals surface area contributed by atoms with Gasteiger partial charge in [-0.1, -0.05) is 0 Å². The molecule has 1 atom stereocenters. The van der Waals surface area contributed by atoms with Crippen LogP contribution in [0.15, 0.2) is 16.5 Å². The molecule has 0 aliphatic rings. The van der Waals surface area contributed by atoms with Crippen molar-refractivity contribution in [3.63, 3.8) is 0 Å². The van der Waals surface area contributed by atoms with Gasteiger partial charge in [0.2, 0.25) is 0 Å². The molecule has 0 heterocycles. The molecule has 19 heavy (non-hydrogen) atoms. The number of rotatable bonds is 3. The summed E-state index contributed by atoms with van der Waals surface area (Å²) in [5.74, 6) is -1.58. The van der Waals surface area contributed by atoms with Crippen LogP contribution >= 0.6 is 0 Å². The summed E-state index contributed by atoms with van der Waals surface area (Å²) in [5.41, 5.74) is 0.0437. The first kappa shape index (κ1) is 15.8. The van der Waals surface area contributed by atoms with Crippen LogP contribution in [0, 0.1) is 11.6 Å². The van der Waals surface area contributed by atoms with E-state index in [1.807, 2.05) is 0 Å². The highest BCUT2D eigenvalue weighted by Gasteiger charge is 2.22. The zero-order valence-corrected chi connectivity index (χ0v) is 12.4. The van der Waals surface area contributed by atoms with Crippen LogP contribution in [0.3, 0.4) is 0 Å². The maximum atomic E-state index is 13.8. The van der Waals surface area contributed by atoms with E-state index in [1.54, 1.807) is 20.8 Å². The van der Waals surface area contributed by atoms with Gasteiger partial charge in [-0.05, 0) is 39.8 Å². The Morgan fingerprint density at radius 2 is 1.79 bits per heavy atom. The highest BCUT2D eigenvalue weighted by molar-refractivity contribution is 7.85. The Kier molecular flexibility index (Phi) is 4.79. The highest BCUT2D eigenvalue weighted by atomic mass is 32.2. The summed E-state index contributed by atoms with van der Waals surface area (Å²) < 4.78 is 47.4. The van der Waals surface area contributed by atoms with Crippen LogP contribution in [0.25, 0.3) is 0 Å². The van der Waals surface area contributed by atoms with E-state index in [1.165, 1.54) is 14.0 Å². The van der Waals surface area contributed by atoms with E-state index in [4.69, 9.17) is 4.74 Å². The molecule has 0 spiro atoms. The standard InChI is InChI=1S/C13H17F2NO2S/c1-8(16-19(17)13(2,3)4)11-9(14)6-7-10(15)12(11)18-5/h6-7H,1-5H3/b16-8+/t19-/m0/s1. The lowest BCUT2D eigenvalue weighted by molar-refractivity contribution is 0.381. The van der Waals surface area contributed by atoms with Gasteiger partial charge in [0.15, 0.2) is 11.6 Å². The largest absolute Gasteiger partial charge is 0.493 e. The number of hydrogen-bond donors (Lipinski definition) is 0. The topological polar surface area (TPSA) is 38.7 Å². The van der Waals surface area contributed by atoms with Crippen LogP contribution in [0.1, 0.15) is 33.3 Å². The second kappa shape index (κ2) is 5.77. The first-order valence-corrected chi connectivity index (χ1v) is 6.78. The monoisotopic (exact) mass is 289 g/mol. The molecule has 6 heteroatoms. The third-order valence-corrected chi connectivity index (χ3v) is 3.86. The van der Waals surface area contributed by atoms with Gasteiger partial charge in [-0.25, -0.2) is 13.0 Å². The Morgan fingerprint density at radius 3 is 2.26 bits per heavy atom. The second-order valence-electron chi connectivity index (χ2n) is 4.98. The number of nitrogens with zero attached hydrogens (tertiary/aromatic N) is 1. The maximum Gasteiger partial charge on any atom is 0.166 e. The molecule has 1 aromatic rings. The minimum absolute atomic E-state index is 0.0971. The van der Waals surface area contributed by atoms with Gasteiger partial charge in [0.25, 0.3) is 0 Å². The van der Waals surface area contributed by atoms with Gasteiger partial charge in [-0.2, -0.15) is 4.40 Å². The molecule has 0 N–H and O–H groups in total. The molecule has 0 bridgehead atoms. The lowest BCUT2D eigenvalue weighted by Gasteiger charge is -2.15. The average molecular weight is 289 g/mol. The van der Waals surface area contributed by atoms with Crippen LogP contribution in [-0.2, 0) is 11.0 Å². The molecule has 0 saturated heterocycles. The third kappa shape index (κ3) is 3.59. The fraction of sp³-hybridized carbons (Fsp3) is 0.462. The average Bonchev–Trinajstić information content (AvgIpc) is 2.30. The van der Waals surface area contributed by atoms with E-state index in [2.05, 4.69) is 4.40 Å². The van der Waals surface area contributed by atoms with Gasteiger partial charge < -0.3 is 4.74 Å². The summed E-state index contributed by atoms with van der Waals surface area (Å²) in [5, 5.41) is 0. The fourth-order valence-electron chi connectivity index (χ4n) is 1.38. The quantitative estimate of drug-likeness (QED) is 0.801. The Balaban J connectivity index is 3.34. The predicted molar refractivity (Wildman–Crippen MR) is 73.0 cm³/mol. The van der Waals surface area contributed by atoms with Crippen molar-refractivity contribution in [3.05, 3.63) is 29.3 Å². The number of benzene rings is 1. The molecule has 106 valence electrons. The van der Waals surface area contributed by atoms with Gasteiger partial charge in [0, 0.05) is 0 Å². The van der Waals surface area contributed by atoms with Crippen molar-refractivity contribution < 1.29 is 17.7 Å². The summed E-state index contributed by atoms with van der Waals surface area (Å²) in [7, 11) is -0.304. The van der Waals surface area contributed by atoms with E-state index >= 15 is 0 Å². The Hall–Kier alpha value is -1.30. The van der Waals surface area contributed by atoms with Crippen LogP contribution in [0.2, 0.25) is 0 Å². The van der Waals surface area contributed by atoms with Crippen molar-refractivity contribution in [2.24, 2.45) is 4.40 Å². The summed E-state index contributed by atoms with van der Waals surface area (Å²) in [6, 6.07) is 1.97. The molecular formula is C13H17F2NO2S. The van der Waals surface area contributed by atoms with E-state index in [0.717, 1.165) is 12.1 Å². The van der Waals surface area contributed by atoms with Crippen LogP contribution in [-0.4, -0.2) is 21.8 Å². The smallest absolute Gasteiger partial charge is 0.166 e. The van der Waals surface area contributed by atoms with Crippen molar-refractivity contribution in [3.8, 4) is 5.75 Å². The molecule has 0 fully saturated rings. The SMILES string of the molecule is COc1c(F)ccc(F)c1/C(C)=N/[S@@](=O)C(C)(C)C. The van der Waals surface area contributed by atoms with Gasteiger partial charge in [-0.3, -0.25) is 0 Å². The number of ether oxygens (including phenoxy) is 1. The molecule has 0 unspecified atom stereocenters. The lowest BCUT2D eigenvalue weighted by Crippen LogP contribution is -2.21. The molecule has 0 aromatic heterocycles. The van der Waals surface area contributed by atoms with Crippen molar-refractivity contribution in [2.45, 2.75) is 32.4 Å². The Bertz CT molecular complexity index is 536. The molecule has 0 amide bonds. The molecule has 0 aliphatic carbocycles. The minimum Gasteiger partial charge on any atom is -0.493 e. The molecule has 1 aromatic carbocycles. The van der Waals surface area contributed by atoms with Crippen LogP contribution in [0.5, 0.6) is 5.75 Å². The number of hydrogen-bond acceptors (Lipinski definition) is 2. The molecular weight excluding hydrogens is 272 g/mol. The van der Waals surface area contributed by atoms with E-state index in [-0.39, 0.29) is 17.0 Å². The normalized spacial score (nSPS) is 14.4. The molecule has 0 aliphatic heterocycles. The van der Waals surface area contributed by atoms with Gasteiger partial charge in [0.1, 0.15) is 16.8 Å². The predicted octanol–water partition coefficient (Wildman–Crippen LogP) is 3.24. The molecule has 0 saturated carbocycles. The first-order chi connectivity index (χ1) is 8.68. The first-order valence-electron chi connectivity index (χ1n) is 5.68. The zero-order chi connectivity index (χ0) is 14.8. The van der Waals surface area contributed by atoms with Gasteiger partial charge in [0.05, 0.1) is 23.1 Å². The van der Waals surface area contributed by atoms with Crippen molar-refractivity contribution in [1.29, 1.82) is 0 Å². The zero-order valence-electron chi connectivity index (χ0n) is 11.6. The summed E-state index contributed by atoms with van der Waals surface area (Å²) in [6.45, 7) is 6.72. The van der Waals surface area contributed by atoms with Gasteiger partial charge in [-0.15, -0.1) is 0 Å². The summed E-state index contributed by atoms with van der Waals surface area (Å²) in [4.78, 5) is 0. The number of methoxy groups -OCH3 is 1. The van der Waals surface area contributed by atoms with Crippen LogP contribution < -0.4 is 4.74 Å². The summed E-state index contributed by atoms with van der Waals surface area (Å²) in [6.07, 6.45) is 0. The lowest BCUT2D eigenvalue weighted by atomic mass is 10.1. The third-order valence-electron chi connectivity index (χ3n) is 2.37. The van der Waals surface area contributed by atoms with E-state index in [0.29, 0.717) is 0 Å². The fourth-order valence-corrected chi connectivity index (χ4v) is 1.99. The molecule has 3 nitrogen and oxygen atoms in total. The minimum atomic E-state index is -1.55. The Labute approximate surface area is 114 Å². The van der Waals surface area contributed by atoms with Crippen LogP contribution in [0.4, 0.5) is 8.78 Å². The number of halogens is 2. The maximum absolute atomic E-state index is 13.8. The molecule has 1 rings (SSSR count). The second-order valence-corrected chi connectivity index (χ2v) is 6.88. The van der Waals surface area contributed by atoms with E-state index in [9.17, 15) is 13.0 Å². The van der Waals surface area contributed by atoms with Crippen molar-refractivity contribution in [2.75, 3.05) is 7.11 Å². The summed E-state index contributed by atoms with van der Waals surface area (Å²) >= 11 is 0.